The Morgan fingerprint density at radius 2 is 2.24 bits per heavy atom. The van der Waals surface area contributed by atoms with Gasteiger partial charge in [-0.1, -0.05) is 0 Å². The summed E-state index contributed by atoms with van der Waals surface area (Å²) in [6.07, 6.45) is 5.12. The molecule has 1 amide bonds. The topological polar surface area (TPSA) is 72.9 Å². The highest BCUT2D eigenvalue weighted by Crippen LogP contribution is 2.46. The molecular weight excluding hydrogens is 264 g/mol. The molecule has 1 aromatic heterocycles. The molecule has 0 aromatic carbocycles. The summed E-state index contributed by atoms with van der Waals surface area (Å²) in [5, 5.41) is 7.70. The molecule has 5 heteroatoms. The van der Waals surface area contributed by atoms with Crippen molar-refractivity contribution in [1.82, 2.24) is 15.1 Å². The first kappa shape index (κ1) is 14.6. The minimum Gasteiger partial charge on any atom is -0.355 e. The van der Waals surface area contributed by atoms with Gasteiger partial charge in [-0.3, -0.25) is 9.48 Å². The van der Waals surface area contributed by atoms with Crippen molar-refractivity contribution >= 4 is 5.91 Å². The van der Waals surface area contributed by atoms with Gasteiger partial charge in [0.1, 0.15) is 0 Å². The minimum atomic E-state index is 0.129. The summed E-state index contributed by atoms with van der Waals surface area (Å²) in [7, 11) is 0. The Labute approximate surface area is 126 Å². The molecule has 116 valence electrons. The molecule has 3 N–H and O–H groups in total. The van der Waals surface area contributed by atoms with E-state index in [0.717, 1.165) is 38.0 Å². The number of amides is 1. The maximum atomic E-state index is 12.2. The van der Waals surface area contributed by atoms with Gasteiger partial charge in [-0.05, 0) is 52.0 Å². The zero-order valence-electron chi connectivity index (χ0n) is 13.1. The number of carbonyl (C=O) groups excluding carboxylic acids is 1. The Hall–Kier alpha value is -1.36. The zero-order chi connectivity index (χ0) is 15.0. The monoisotopic (exact) mass is 290 g/mol. The summed E-state index contributed by atoms with van der Waals surface area (Å²) < 4.78 is 2.08. The van der Waals surface area contributed by atoms with Crippen LogP contribution in [0.2, 0.25) is 0 Å². The molecule has 1 heterocycles. The van der Waals surface area contributed by atoms with Gasteiger partial charge in [0, 0.05) is 36.2 Å². The number of hydrogen-bond donors (Lipinski definition) is 2. The largest absolute Gasteiger partial charge is 0.355 e. The lowest BCUT2D eigenvalue weighted by Crippen LogP contribution is -2.36. The predicted octanol–water partition coefficient (Wildman–Crippen LogP) is 1.52. The van der Waals surface area contributed by atoms with E-state index in [1.165, 1.54) is 18.5 Å². The van der Waals surface area contributed by atoms with Crippen molar-refractivity contribution in [2.45, 2.75) is 58.5 Å². The van der Waals surface area contributed by atoms with Crippen LogP contribution in [0.5, 0.6) is 0 Å². The van der Waals surface area contributed by atoms with Crippen molar-refractivity contribution in [1.29, 1.82) is 0 Å². The Bertz CT molecular complexity index is 532. The van der Waals surface area contributed by atoms with Crippen molar-refractivity contribution in [2.24, 2.45) is 17.1 Å². The number of nitrogens with zero attached hydrogens (tertiary/aromatic N) is 2. The quantitative estimate of drug-likeness (QED) is 0.863. The summed E-state index contributed by atoms with van der Waals surface area (Å²) in [4.78, 5) is 12.2. The smallest absolute Gasteiger partial charge is 0.223 e. The fraction of sp³-hybridized carbons (Fsp3) is 0.750. The molecule has 0 bridgehead atoms. The van der Waals surface area contributed by atoms with E-state index in [1.807, 2.05) is 6.92 Å². The van der Waals surface area contributed by atoms with Gasteiger partial charge in [0.25, 0.3) is 0 Å². The average Bonchev–Trinajstić information content (AvgIpc) is 2.93. The van der Waals surface area contributed by atoms with E-state index < -0.39 is 0 Å². The van der Waals surface area contributed by atoms with Crippen LogP contribution in [0.4, 0.5) is 0 Å². The van der Waals surface area contributed by atoms with E-state index in [1.54, 1.807) is 0 Å². The average molecular weight is 290 g/mol. The Morgan fingerprint density at radius 1 is 1.48 bits per heavy atom. The third-order valence-electron chi connectivity index (χ3n) is 5.03. The number of carbonyl (C=O) groups is 1. The fourth-order valence-electron chi connectivity index (χ4n) is 3.39. The Morgan fingerprint density at radius 3 is 2.76 bits per heavy atom. The SMILES string of the molecule is Cc1cc(C)n(CC2(CNC(=O)[C@H]3CC[C@@H](N)C3)CC2)n1. The Kier molecular flexibility index (Phi) is 3.78. The molecule has 0 spiro atoms. The molecular formula is C16H26N4O. The summed E-state index contributed by atoms with van der Waals surface area (Å²) in [5.74, 6) is 0.326. The van der Waals surface area contributed by atoms with Crippen molar-refractivity contribution in [3.63, 3.8) is 0 Å². The minimum absolute atomic E-state index is 0.129. The van der Waals surface area contributed by atoms with Crippen molar-refractivity contribution in [2.75, 3.05) is 6.54 Å². The second-order valence-electron chi connectivity index (χ2n) is 7.07. The van der Waals surface area contributed by atoms with Crippen LogP contribution >= 0.6 is 0 Å². The van der Waals surface area contributed by atoms with Gasteiger partial charge in [-0.2, -0.15) is 5.10 Å². The van der Waals surface area contributed by atoms with Gasteiger partial charge in [0.15, 0.2) is 0 Å². The van der Waals surface area contributed by atoms with Crippen molar-refractivity contribution in [3.8, 4) is 0 Å². The second kappa shape index (κ2) is 5.44. The maximum absolute atomic E-state index is 12.2. The zero-order valence-corrected chi connectivity index (χ0v) is 13.1. The molecule has 5 nitrogen and oxygen atoms in total. The highest BCUT2D eigenvalue weighted by molar-refractivity contribution is 5.79. The van der Waals surface area contributed by atoms with E-state index in [0.29, 0.717) is 0 Å². The number of nitrogens with one attached hydrogen (secondary N) is 1. The molecule has 2 aliphatic rings. The summed E-state index contributed by atoms with van der Waals surface area (Å²) in [6, 6.07) is 2.32. The van der Waals surface area contributed by atoms with Gasteiger partial charge >= 0.3 is 0 Å². The van der Waals surface area contributed by atoms with Gasteiger partial charge < -0.3 is 11.1 Å². The maximum Gasteiger partial charge on any atom is 0.223 e. The van der Waals surface area contributed by atoms with Gasteiger partial charge in [-0.15, -0.1) is 0 Å². The van der Waals surface area contributed by atoms with Crippen LogP contribution in [-0.2, 0) is 11.3 Å². The lowest BCUT2D eigenvalue weighted by atomic mass is 10.0. The van der Waals surface area contributed by atoms with Crippen LogP contribution in [0.15, 0.2) is 6.07 Å². The second-order valence-corrected chi connectivity index (χ2v) is 7.07. The van der Waals surface area contributed by atoms with Crippen molar-refractivity contribution < 1.29 is 4.79 Å². The van der Waals surface area contributed by atoms with E-state index >= 15 is 0 Å². The van der Waals surface area contributed by atoms with Gasteiger partial charge in [0.2, 0.25) is 5.91 Å². The highest BCUT2D eigenvalue weighted by atomic mass is 16.1. The van der Waals surface area contributed by atoms with E-state index in [4.69, 9.17) is 5.73 Å². The standard InChI is InChI=1S/C16H26N4O/c1-11-7-12(2)20(19-11)10-16(5-6-16)9-18-15(21)13-3-4-14(17)8-13/h7,13-14H,3-6,8-10,17H2,1-2H3,(H,18,21)/t13-,14+/m0/s1. The lowest BCUT2D eigenvalue weighted by Gasteiger charge is -2.19. The first-order chi connectivity index (χ1) is 9.97. The number of aryl methyl sites for hydroxylation is 2. The van der Waals surface area contributed by atoms with Crippen LogP contribution in [0.3, 0.4) is 0 Å². The number of nitrogens with two attached hydrogens (primary N) is 1. The van der Waals surface area contributed by atoms with Crippen LogP contribution in [0.25, 0.3) is 0 Å². The number of rotatable bonds is 5. The summed E-state index contributed by atoms with van der Waals surface area (Å²) in [6.45, 7) is 5.80. The molecule has 2 saturated carbocycles. The molecule has 21 heavy (non-hydrogen) atoms. The lowest BCUT2D eigenvalue weighted by molar-refractivity contribution is -0.125. The third-order valence-corrected chi connectivity index (χ3v) is 5.03. The highest BCUT2D eigenvalue weighted by Gasteiger charge is 2.44. The number of aromatic nitrogens is 2. The third kappa shape index (κ3) is 3.28. The molecule has 0 saturated heterocycles. The molecule has 2 atom stereocenters. The predicted molar refractivity (Wildman–Crippen MR) is 81.7 cm³/mol. The molecule has 1 aromatic rings. The summed E-state index contributed by atoms with van der Waals surface area (Å²) >= 11 is 0. The van der Waals surface area contributed by atoms with Gasteiger partial charge in [0.05, 0.1) is 5.69 Å². The van der Waals surface area contributed by atoms with Crippen LogP contribution < -0.4 is 11.1 Å². The fourth-order valence-corrected chi connectivity index (χ4v) is 3.39. The first-order valence-corrected chi connectivity index (χ1v) is 8.02. The van der Waals surface area contributed by atoms with Crippen LogP contribution in [0.1, 0.15) is 43.5 Å². The van der Waals surface area contributed by atoms with Crippen LogP contribution in [0, 0.1) is 25.2 Å². The molecule has 0 unspecified atom stereocenters. The molecule has 2 aliphatic carbocycles. The van der Waals surface area contributed by atoms with E-state index in [-0.39, 0.29) is 23.3 Å². The first-order valence-electron chi connectivity index (χ1n) is 8.02. The summed E-state index contributed by atoms with van der Waals surface area (Å²) in [5.41, 5.74) is 8.37. The normalized spacial score (nSPS) is 26.8. The number of hydrogen-bond acceptors (Lipinski definition) is 3. The molecule has 2 fully saturated rings. The molecule has 3 rings (SSSR count). The van der Waals surface area contributed by atoms with Crippen molar-refractivity contribution in [3.05, 3.63) is 17.5 Å². The molecule has 0 aliphatic heterocycles. The Balaban J connectivity index is 1.53. The molecule has 0 radical (unpaired) electrons. The van der Waals surface area contributed by atoms with Crippen LogP contribution in [-0.4, -0.2) is 28.3 Å². The van der Waals surface area contributed by atoms with Gasteiger partial charge in [-0.25, -0.2) is 0 Å². The van der Waals surface area contributed by atoms with E-state index in [2.05, 4.69) is 28.1 Å². The van der Waals surface area contributed by atoms with E-state index in [9.17, 15) is 4.79 Å².